The number of benzene rings is 1. The van der Waals surface area contributed by atoms with Crippen molar-refractivity contribution in [1.82, 2.24) is 20.0 Å². The Morgan fingerprint density at radius 1 is 1.20 bits per heavy atom. The molecule has 10 heteroatoms. The van der Waals surface area contributed by atoms with E-state index in [0.29, 0.717) is 37.1 Å². The monoisotopic (exact) mass is 425 g/mol. The van der Waals surface area contributed by atoms with Gasteiger partial charge >= 0.3 is 6.18 Å². The van der Waals surface area contributed by atoms with Gasteiger partial charge in [-0.2, -0.15) is 18.3 Å². The average molecular weight is 425 g/mol. The number of rotatable bonds is 5. The Balaban J connectivity index is 1.84. The molecule has 1 aromatic carbocycles. The predicted octanol–water partition coefficient (Wildman–Crippen LogP) is 2.98. The zero-order valence-electron chi connectivity index (χ0n) is 17.5. The summed E-state index contributed by atoms with van der Waals surface area (Å²) in [4.78, 5) is 6.50. The summed E-state index contributed by atoms with van der Waals surface area (Å²) in [6, 6.07) is 3.91. The molecule has 2 aromatic rings. The van der Waals surface area contributed by atoms with Crippen molar-refractivity contribution in [1.29, 1.82) is 0 Å². The van der Waals surface area contributed by atoms with Crippen LogP contribution in [0.2, 0.25) is 0 Å². The molecule has 0 unspecified atom stereocenters. The summed E-state index contributed by atoms with van der Waals surface area (Å²) in [6.07, 6.45) is -2.39. The molecular weight excluding hydrogens is 399 g/mol. The lowest BCUT2D eigenvalue weighted by Crippen LogP contribution is -2.44. The number of alkyl halides is 3. The van der Waals surface area contributed by atoms with E-state index in [1.54, 1.807) is 14.2 Å². The molecule has 2 heterocycles. The number of hydrogen-bond acceptors (Lipinski definition) is 4. The fourth-order valence-corrected chi connectivity index (χ4v) is 3.54. The minimum absolute atomic E-state index is 0.0456. The van der Waals surface area contributed by atoms with Crippen molar-refractivity contribution >= 4 is 5.96 Å². The number of nitrogens with zero attached hydrogens (tertiary/aromatic N) is 4. The average Bonchev–Trinajstić information content (AvgIpc) is 3.10. The number of aromatic nitrogens is 2. The Kier molecular flexibility index (Phi) is 6.42. The van der Waals surface area contributed by atoms with Crippen molar-refractivity contribution < 1.29 is 22.6 Å². The van der Waals surface area contributed by atoms with Gasteiger partial charge in [-0.3, -0.25) is 4.68 Å². The molecule has 0 bridgehead atoms. The summed E-state index contributed by atoms with van der Waals surface area (Å²) in [6.45, 7) is 3.67. The highest BCUT2D eigenvalue weighted by Gasteiger charge is 2.36. The van der Waals surface area contributed by atoms with E-state index in [2.05, 4.69) is 15.4 Å². The van der Waals surface area contributed by atoms with Gasteiger partial charge in [-0.1, -0.05) is 0 Å². The summed E-state index contributed by atoms with van der Waals surface area (Å²) in [7, 11) is 4.66. The minimum Gasteiger partial charge on any atom is -0.493 e. The fraction of sp³-hybridized carbons (Fsp3) is 0.500. The lowest BCUT2D eigenvalue weighted by atomic mass is 9.99. The molecule has 0 saturated carbocycles. The van der Waals surface area contributed by atoms with E-state index in [1.165, 1.54) is 13.2 Å². The maximum absolute atomic E-state index is 13.2. The molecule has 3 rings (SSSR count). The second kappa shape index (κ2) is 8.85. The first-order valence-corrected chi connectivity index (χ1v) is 9.63. The van der Waals surface area contributed by atoms with Crippen molar-refractivity contribution in [2.75, 3.05) is 27.3 Å². The summed E-state index contributed by atoms with van der Waals surface area (Å²) in [5.74, 6) is 1.89. The lowest BCUT2D eigenvalue weighted by Gasteiger charge is -2.32. The topological polar surface area (TPSA) is 63.9 Å². The number of aliphatic imine (C=N–C) groups is 1. The number of ether oxygens (including phenoxy) is 2. The van der Waals surface area contributed by atoms with Gasteiger partial charge in [0.15, 0.2) is 23.2 Å². The lowest BCUT2D eigenvalue weighted by molar-refractivity contribution is -0.142. The van der Waals surface area contributed by atoms with Gasteiger partial charge in [0, 0.05) is 38.4 Å². The third kappa shape index (κ3) is 4.63. The van der Waals surface area contributed by atoms with Crippen LogP contribution in [0.25, 0.3) is 0 Å². The van der Waals surface area contributed by atoms with Crippen LogP contribution in [0.1, 0.15) is 29.3 Å². The van der Waals surface area contributed by atoms with Crippen LogP contribution in [0, 0.1) is 0 Å². The molecule has 0 fully saturated rings. The Morgan fingerprint density at radius 3 is 2.47 bits per heavy atom. The first-order valence-electron chi connectivity index (χ1n) is 9.63. The van der Waals surface area contributed by atoms with Crippen LogP contribution in [0.5, 0.6) is 11.5 Å². The second-order valence-electron chi connectivity index (χ2n) is 6.99. The Hall–Kier alpha value is -2.91. The molecule has 0 aliphatic carbocycles. The Bertz CT molecular complexity index is 924. The van der Waals surface area contributed by atoms with Crippen LogP contribution >= 0.6 is 0 Å². The number of guanidine groups is 1. The van der Waals surface area contributed by atoms with Gasteiger partial charge in [0.1, 0.15) is 0 Å². The maximum atomic E-state index is 13.2. The van der Waals surface area contributed by atoms with Gasteiger partial charge < -0.3 is 19.7 Å². The fourth-order valence-electron chi connectivity index (χ4n) is 3.54. The Labute approximate surface area is 173 Å². The van der Waals surface area contributed by atoms with Gasteiger partial charge in [-0.15, -0.1) is 0 Å². The number of aryl methyl sites for hydroxylation is 1. The smallest absolute Gasteiger partial charge is 0.435 e. The summed E-state index contributed by atoms with van der Waals surface area (Å²) < 4.78 is 51.6. The normalized spacial score (nSPS) is 14.5. The zero-order valence-corrected chi connectivity index (χ0v) is 17.5. The molecule has 0 amide bonds. The molecule has 0 saturated heterocycles. The van der Waals surface area contributed by atoms with E-state index in [-0.39, 0.29) is 12.1 Å². The van der Waals surface area contributed by atoms with E-state index in [1.807, 2.05) is 24.0 Å². The van der Waals surface area contributed by atoms with Crippen molar-refractivity contribution in [2.24, 2.45) is 12.0 Å². The van der Waals surface area contributed by atoms with Gasteiger partial charge in [0.05, 0.1) is 20.8 Å². The maximum Gasteiger partial charge on any atom is 0.435 e. The highest BCUT2D eigenvalue weighted by molar-refractivity contribution is 5.80. The first kappa shape index (κ1) is 21.8. The van der Waals surface area contributed by atoms with Gasteiger partial charge in [0.25, 0.3) is 0 Å². The SMILES string of the molecule is CCNC(=NCc1cn(C)nc1C(F)(F)F)N1CCc2cc(OC)c(OC)cc2C1. The molecule has 1 N–H and O–H groups in total. The first-order chi connectivity index (χ1) is 14.3. The number of fused-ring (bicyclic) bond motifs is 1. The van der Waals surface area contributed by atoms with Crippen molar-refractivity contribution in [2.45, 2.75) is 32.6 Å². The quantitative estimate of drug-likeness (QED) is 0.590. The molecule has 0 atom stereocenters. The number of halogens is 3. The molecule has 30 heavy (non-hydrogen) atoms. The number of hydrogen-bond donors (Lipinski definition) is 1. The standard InChI is InChI=1S/C20H26F3N5O2/c1-5-24-19(25-10-15-11-27(2)26-18(15)20(21,22)23)28-7-6-13-8-16(29-3)17(30-4)9-14(13)12-28/h8-9,11H,5-7,10,12H2,1-4H3,(H,24,25). The van der Waals surface area contributed by atoms with Crippen LogP contribution in [0.15, 0.2) is 23.3 Å². The minimum atomic E-state index is -4.51. The van der Waals surface area contributed by atoms with E-state index in [4.69, 9.17) is 9.47 Å². The third-order valence-corrected chi connectivity index (χ3v) is 4.92. The second-order valence-corrected chi connectivity index (χ2v) is 6.99. The Morgan fingerprint density at radius 2 is 1.87 bits per heavy atom. The number of methoxy groups -OCH3 is 2. The molecule has 1 aromatic heterocycles. The zero-order chi connectivity index (χ0) is 21.9. The van der Waals surface area contributed by atoms with Crippen LogP contribution in [-0.2, 0) is 32.7 Å². The predicted molar refractivity (Wildman–Crippen MR) is 107 cm³/mol. The van der Waals surface area contributed by atoms with Crippen LogP contribution in [-0.4, -0.2) is 47.9 Å². The summed E-state index contributed by atoms with van der Waals surface area (Å²) in [5.41, 5.74) is 1.38. The molecule has 0 spiro atoms. The van der Waals surface area contributed by atoms with Crippen LogP contribution < -0.4 is 14.8 Å². The van der Waals surface area contributed by atoms with E-state index < -0.39 is 11.9 Å². The van der Waals surface area contributed by atoms with E-state index in [9.17, 15) is 13.2 Å². The van der Waals surface area contributed by atoms with Crippen LogP contribution in [0.3, 0.4) is 0 Å². The van der Waals surface area contributed by atoms with E-state index in [0.717, 1.165) is 22.2 Å². The van der Waals surface area contributed by atoms with Gasteiger partial charge in [-0.25, -0.2) is 4.99 Å². The van der Waals surface area contributed by atoms with Crippen molar-refractivity contribution in [3.8, 4) is 11.5 Å². The van der Waals surface area contributed by atoms with Crippen molar-refractivity contribution in [3.63, 3.8) is 0 Å². The molecule has 164 valence electrons. The molecular formula is C20H26F3N5O2. The van der Waals surface area contributed by atoms with Crippen LogP contribution in [0.4, 0.5) is 13.2 Å². The molecule has 1 aliphatic heterocycles. The third-order valence-electron chi connectivity index (χ3n) is 4.92. The van der Waals surface area contributed by atoms with Crippen molar-refractivity contribution in [3.05, 3.63) is 40.7 Å². The van der Waals surface area contributed by atoms with Gasteiger partial charge in [-0.05, 0) is 36.6 Å². The summed E-state index contributed by atoms with van der Waals surface area (Å²) in [5, 5.41) is 6.73. The molecule has 1 aliphatic rings. The number of nitrogens with one attached hydrogen (secondary N) is 1. The van der Waals surface area contributed by atoms with Gasteiger partial charge in [0.2, 0.25) is 0 Å². The largest absolute Gasteiger partial charge is 0.493 e. The highest BCUT2D eigenvalue weighted by Crippen LogP contribution is 2.33. The molecule has 7 nitrogen and oxygen atoms in total. The highest BCUT2D eigenvalue weighted by atomic mass is 19.4. The summed E-state index contributed by atoms with van der Waals surface area (Å²) >= 11 is 0. The van der Waals surface area contributed by atoms with E-state index >= 15 is 0 Å². The molecule has 0 radical (unpaired) electrons.